The average molecular weight is 387 g/mol. The smallest absolute Gasteiger partial charge is 0.229 e. The molecule has 0 bridgehead atoms. The second kappa shape index (κ2) is 7.62. The first kappa shape index (κ1) is 19.1. The minimum absolute atomic E-state index is 0.0113. The Morgan fingerprint density at radius 2 is 2.07 bits per heavy atom. The highest BCUT2D eigenvalue weighted by Crippen LogP contribution is 2.49. The van der Waals surface area contributed by atoms with Crippen molar-refractivity contribution in [2.75, 3.05) is 26.3 Å². The number of nitrogens with zero attached hydrogens (tertiary/aromatic N) is 3. The Bertz CT molecular complexity index is 845. The van der Waals surface area contributed by atoms with Crippen molar-refractivity contribution in [2.24, 2.45) is 5.41 Å². The maximum Gasteiger partial charge on any atom is 0.229 e. The van der Waals surface area contributed by atoms with Gasteiger partial charge in [0.15, 0.2) is 5.82 Å². The standard InChI is InChI=1S/C21H26FN3O3/c1-14(2)20-23-19(24-28-20)16-12-25(13-21(16)7-9-27-10-8-21)18(26)11-15-5-3-4-6-17(15)22/h3-6,14,16H,7-13H2,1-2H3. The third-order valence-corrected chi connectivity index (χ3v) is 6.05. The molecule has 2 fully saturated rings. The number of carbonyl (C=O) groups is 1. The molecule has 0 N–H and O–H groups in total. The predicted molar refractivity (Wildman–Crippen MR) is 100 cm³/mol. The summed E-state index contributed by atoms with van der Waals surface area (Å²) in [6.07, 6.45) is 1.77. The van der Waals surface area contributed by atoms with Gasteiger partial charge >= 0.3 is 0 Å². The van der Waals surface area contributed by atoms with Crippen LogP contribution in [0.3, 0.4) is 0 Å². The van der Waals surface area contributed by atoms with E-state index in [1.807, 2.05) is 18.7 Å². The van der Waals surface area contributed by atoms with Crippen molar-refractivity contribution in [1.82, 2.24) is 15.0 Å². The van der Waals surface area contributed by atoms with E-state index in [1.165, 1.54) is 6.07 Å². The molecular weight excluding hydrogens is 361 g/mol. The topological polar surface area (TPSA) is 68.5 Å². The molecule has 1 aromatic carbocycles. The zero-order valence-electron chi connectivity index (χ0n) is 16.4. The van der Waals surface area contributed by atoms with Crippen molar-refractivity contribution < 1.29 is 18.4 Å². The number of carbonyl (C=O) groups excluding carboxylic acids is 1. The van der Waals surface area contributed by atoms with Crippen LogP contribution in [0.15, 0.2) is 28.8 Å². The molecule has 1 aromatic heterocycles. The van der Waals surface area contributed by atoms with E-state index in [0.717, 1.165) is 12.8 Å². The van der Waals surface area contributed by atoms with Gasteiger partial charge in [-0.15, -0.1) is 0 Å². The summed E-state index contributed by atoms with van der Waals surface area (Å²) in [6, 6.07) is 6.45. The highest BCUT2D eigenvalue weighted by Gasteiger charge is 2.51. The summed E-state index contributed by atoms with van der Waals surface area (Å²) in [5, 5.41) is 4.24. The number of rotatable bonds is 4. The van der Waals surface area contributed by atoms with Crippen LogP contribution in [0.1, 0.15) is 55.8 Å². The molecule has 1 amide bonds. The fourth-order valence-corrected chi connectivity index (χ4v) is 4.34. The lowest BCUT2D eigenvalue weighted by Crippen LogP contribution is -2.37. The van der Waals surface area contributed by atoms with E-state index in [4.69, 9.17) is 9.26 Å². The molecule has 1 spiro atoms. The zero-order chi connectivity index (χ0) is 19.7. The van der Waals surface area contributed by atoms with Crippen molar-refractivity contribution in [3.63, 3.8) is 0 Å². The number of amides is 1. The minimum atomic E-state index is -0.341. The SMILES string of the molecule is CC(C)c1nc(C2CN(C(=O)Cc3ccccc3F)CC23CCOCC3)no1. The van der Waals surface area contributed by atoms with Gasteiger partial charge in [-0.05, 0) is 24.5 Å². The Hall–Kier alpha value is -2.28. The third kappa shape index (κ3) is 3.55. The van der Waals surface area contributed by atoms with Crippen LogP contribution in [0.5, 0.6) is 0 Å². The van der Waals surface area contributed by atoms with Crippen LogP contribution in [-0.2, 0) is 16.0 Å². The number of likely N-dealkylation sites (tertiary alicyclic amines) is 1. The number of aromatic nitrogens is 2. The summed E-state index contributed by atoms with van der Waals surface area (Å²) in [7, 11) is 0. The van der Waals surface area contributed by atoms with Gasteiger partial charge in [0.05, 0.1) is 6.42 Å². The highest BCUT2D eigenvalue weighted by molar-refractivity contribution is 5.79. The number of hydrogen-bond donors (Lipinski definition) is 0. The van der Waals surface area contributed by atoms with Gasteiger partial charge in [-0.1, -0.05) is 37.2 Å². The maximum atomic E-state index is 14.0. The van der Waals surface area contributed by atoms with E-state index < -0.39 is 0 Å². The lowest BCUT2D eigenvalue weighted by Gasteiger charge is -2.36. The average Bonchev–Trinajstić information content (AvgIpc) is 3.30. The monoisotopic (exact) mass is 387 g/mol. The second-order valence-corrected chi connectivity index (χ2v) is 8.22. The summed E-state index contributed by atoms with van der Waals surface area (Å²) in [4.78, 5) is 19.4. The molecule has 1 atom stereocenters. The van der Waals surface area contributed by atoms with Crippen LogP contribution in [0, 0.1) is 11.2 Å². The van der Waals surface area contributed by atoms with Crippen molar-refractivity contribution in [3.8, 4) is 0 Å². The van der Waals surface area contributed by atoms with Crippen molar-refractivity contribution in [3.05, 3.63) is 47.4 Å². The number of benzene rings is 1. The van der Waals surface area contributed by atoms with Crippen LogP contribution in [-0.4, -0.2) is 47.3 Å². The Morgan fingerprint density at radius 1 is 1.32 bits per heavy atom. The fraction of sp³-hybridized carbons (Fsp3) is 0.571. The van der Waals surface area contributed by atoms with Crippen LogP contribution in [0.25, 0.3) is 0 Å². The molecule has 28 heavy (non-hydrogen) atoms. The third-order valence-electron chi connectivity index (χ3n) is 6.05. The first-order valence-corrected chi connectivity index (χ1v) is 9.91. The Balaban J connectivity index is 1.57. The Labute approximate surface area is 164 Å². The maximum absolute atomic E-state index is 14.0. The normalized spacial score (nSPS) is 21.6. The van der Waals surface area contributed by atoms with Crippen LogP contribution >= 0.6 is 0 Å². The molecule has 2 saturated heterocycles. The molecule has 2 aliphatic heterocycles. The Morgan fingerprint density at radius 3 is 2.75 bits per heavy atom. The number of ether oxygens (including phenoxy) is 1. The summed E-state index contributed by atoms with van der Waals surface area (Å²) in [5.74, 6) is 1.06. The van der Waals surface area contributed by atoms with E-state index in [2.05, 4.69) is 10.1 Å². The van der Waals surface area contributed by atoms with Gasteiger partial charge in [-0.25, -0.2) is 4.39 Å². The molecule has 2 aliphatic rings. The summed E-state index contributed by atoms with van der Waals surface area (Å²) in [6.45, 7) is 6.52. The van der Waals surface area contributed by atoms with Gasteiger partial charge in [0, 0.05) is 43.6 Å². The first-order valence-electron chi connectivity index (χ1n) is 9.91. The fourth-order valence-electron chi connectivity index (χ4n) is 4.34. The van der Waals surface area contributed by atoms with Crippen molar-refractivity contribution >= 4 is 5.91 Å². The summed E-state index contributed by atoms with van der Waals surface area (Å²) >= 11 is 0. The molecule has 0 radical (unpaired) electrons. The van der Waals surface area contributed by atoms with Gasteiger partial charge < -0.3 is 14.2 Å². The number of hydrogen-bond acceptors (Lipinski definition) is 5. The molecular formula is C21H26FN3O3. The summed E-state index contributed by atoms with van der Waals surface area (Å²) < 4.78 is 25.0. The minimum Gasteiger partial charge on any atom is -0.381 e. The van der Waals surface area contributed by atoms with Crippen LogP contribution in [0.2, 0.25) is 0 Å². The molecule has 7 heteroatoms. The largest absolute Gasteiger partial charge is 0.381 e. The number of halogens is 1. The molecule has 150 valence electrons. The molecule has 0 aliphatic carbocycles. The second-order valence-electron chi connectivity index (χ2n) is 8.22. The molecule has 6 nitrogen and oxygen atoms in total. The van der Waals surface area contributed by atoms with Gasteiger partial charge in [-0.2, -0.15) is 4.98 Å². The molecule has 4 rings (SSSR count). The molecule has 3 heterocycles. The highest BCUT2D eigenvalue weighted by atomic mass is 19.1. The lowest BCUT2D eigenvalue weighted by atomic mass is 9.72. The van der Waals surface area contributed by atoms with Crippen LogP contribution < -0.4 is 0 Å². The van der Waals surface area contributed by atoms with E-state index in [1.54, 1.807) is 18.2 Å². The molecule has 0 saturated carbocycles. The Kier molecular flexibility index (Phi) is 5.19. The molecule has 1 unspecified atom stereocenters. The van der Waals surface area contributed by atoms with Crippen LogP contribution in [0.4, 0.5) is 4.39 Å². The summed E-state index contributed by atoms with van der Waals surface area (Å²) in [5.41, 5.74) is 0.319. The van der Waals surface area contributed by atoms with Crippen molar-refractivity contribution in [1.29, 1.82) is 0 Å². The van der Waals surface area contributed by atoms with E-state index in [-0.39, 0.29) is 35.4 Å². The van der Waals surface area contributed by atoms with Gasteiger partial charge in [-0.3, -0.25) is 4.79 Å². The van der Waals surface area contributed by atoms with Crippen molar-refractivity contribution in [2.45, 2.75) is 44.9 Å². The lowest BCUT2D eigenvalue weighted by molar-refractivity contribution is -0.130. The zero-order valence-corrected chi connectivity index (χ0v) is 16.4. The van der Waals surface area contributed by atoms with E-state index >= 15 is 0 Å². The van der Waals surface area contributed by atoms with Gasteiger partial charge in [0.2, 0.25) is 11.8 Å². The van der Waals surface area contributed by atoms with E-state index in [9.17, 15) is 9.18 Å². The van der Waals surface area contributed by atoms with E-state index in [0.29, 0.717) is 43.6 Å². The quantitative estimate of drug-likeness (QED) is 0.805. The molecule has 2 aromatic rings. The first-order chi connectivity index (χ1) is 13.5. The van der Waals surface area contributed by atoms with Gasteiger partial charge in [0.1, 0.15) is 5.82 Å². The predicted octanol–water partition coefficient (Wildman–Crippen LogP) is 3.30. The van der Waals surface area contributed by atoms with Gasteiger partial charge in [0.25, 0.3) is 0 Å².